The number of rotatable bonds is 6. The van der Waals surface area contributed by atoms with Gasteiger partial charge in [0.05, 0.1) is 5.57 Å². The molecule has 1 amide bonds. The average molecular weight is 517 g/mol. The van der Waals surface area contributed by atoms with E-state index in [0.717, 1.165) is 25.7 Å². The Hall–Kier alpha value is -2.67. The second-order valence-corrected chi connectivity index (χ2v) is 9.38. The molecule has 1 fully saturated rings. The summed E-state index contributed by atoms with van der Waals surface area (Å²) in [6.07, 6.45) is 2.59. The molecule has 0 saturated heterocycles. The maximum absolute atomic E-state index is 13.5. The van der Waals surface area contributed by atoms with E-state index >= 15 is 0 Å². The van der Waals surface area contributed by atoms with Gasteiger partial charge in [0, 0.05) is 36.3 Å². The number of Topliss-reactive ketones (excluding diaryl/α,β-unsaturated/α-hetero) is 2. The first-order valence-electron chi connectivity index (χ1n) is 11.7. The summed E-state index contributed by atoms with van der Waals surface area (Å²) in [7, 11) is 3.40. The van der Waals surface area contributed by atoms with E-state index in [0.29, 0.717) is 35.2 Å². The Kier molecular flexibility index (Phi) is 9.11. The first-order chi connectivity index (χ1) is 16.4. The topological polar surface area (TPSA) is 75.7 Å². The Balaban J connectivity index is 0.00000342. The van der Waals surface area contributed by atoms with Crippen molar-refractivity contribution in [3.8, 4) is 0 Å². The van der Waals surface area contributed by atoms with Gasteiger partial charge in [-0.3, -0.25) is 9.59 Å². The minimum atomic E-state index is -0.641. The Morgan fingerprint density at radius 1 is 0.971 bits per heavy atom. The van der Waals surface area contributed by atoms with Gasteiger partial charge in [-0.05, 0) is 62.3 Å². The molecular formula is C27H30Cl2N2O4. The zero-order valence-electron chi connectivity index (χ0n) is 19.9. The van der Waals surface area contributed by atoms with Crippen molar-refractivity contribution in [2.75, 3.05) is 27.2 Å². The number of amides is 1. The van der Waals surface area contributed by atoms with Crippen LogP contribution >= 0.6 is 24.0 Å². The SMILES string of the molecule is CNCCN(C)C(=O)OC1=C([C@H]2CC[C@H](c3ccc(Cl)cc3)CC2)C(=O)c2ccccc2C1=O.Cl. The van der Waals surface area contributed by atoms with Gasteiger partial charge in [-0.15, -0.1) is 12.4 Å². The third-order valence-corrected chi connectivity index (χ3v) is 7.04. The summed E-state index contributed by atoms with van der Waals surface area (Å²) in [6.45, 7) is 1.00. The molecule has 0 bridgehead atoms. The highest BCUT2D eigenvalue weighted by molar-refractivity contribution is 6.30. The lowest BCUT2D eigenvalue weighted by Crippen LogP contribution is -2.36. The van der Waals surface area contributed by atoms with Crippen LogP contribution in [0, 0.1) is 5.92 Å². The number of carbonyl (C=O) groups is 3. The number of carbonyl (C=O) groups excluding carboxylic acids is 3. The van der Waals surface area contributed by atoms with E-state index in [1.807, 2.05) is 24.3 Å². The van der Waals surface area contributed by atoms with Crippen LogP contribution in [-0.4, -0.2) is 49.7 Å². The first kappa shape index (κ1) is 26.9. The number of fused-ring (bicyclic) bond motifs is 1. The van der Waals surface area contributed by atoms with Crippen molar-refractivity contribution in [2.24, 2.45) is 5.92 Å². The molecule has 0 aromatic heterocycles. The molecule has 35 heavy (non-hydrogen) atoms. The van der Waals surface area contributed by atoms with Crippen LogP contribution in [0.5, 0.6) is 0 Å². The molecular weight excluding hydrogens is 487 g/mol. The van der Waals surface area contributed by atoms with E-state index in [-0.39, 0.29) is 35.4 Å². The van der Waals surface area contributed by atoms with Crippen LogP contribution in [0.1, 0.15) is 57.9 Å². The summed E-state index contributed by atoms with van der Waals surface area (Å²) < 4.78 is 5.63. The summed E-state index contributed by atoms with van der Waals surface area (Å²) in [5, 5.41) is 3.68. The number of hydrogen-bond acceptors (Lipinski definition) is 5. The number of benzene rings is 2. The number of halogens is 2. The average Bonchev–Trinajstić information content (AvgIpc) is 2.86. The standard InChI is InChI=1S/C27H29ClN2O4.ClH/c1-29-15-16-30(2)27(33)34-26-23(24(31)21-5-3-4-6-22(21)25(26)32)19-9-7-17(8-10-19)18-11-13-20(28)14-12-18;/h3-6,11-14,17,19,29H,7-10,15-16H2,1-2H3;1H/t17-,19-;. The Morgan fingerprint density at radius 2 is 1.54 bits per heavy atom. The van der Waals surface area contributed by atoms with Crippen LogP contribution in [-0.2, 0) is 4.74 Å². The van der Waals surface area contributed by atoms with Crippen molar-refractivity contribution < 1.29 is 19.1 Å². The fourth-order valence-corrected chi connectivity index (χ4v) is 4.96. The molecule has 186 valence electrons. The largest absolute Gasteiger partial charge is 0.415 e. The predicted octanol–water partition coefficient (Wildman–Crippen LogP) is 5.66. The van der Waals surface area contributed by atoms with Gasteiger partial charge >= 0.3 is 6.09 Å². The molecule has 0 radical (unpaired) electrons. The molecule has 2 aliphatic rings. The van der Waals surface area contributed by atoms with Gasteiger partial charge in [-0.1, -0.05) is 48.0 Å². The van der Waals surface area contributed by atoms with Gasteiger partial charge < -0.3 is 15.0 Å². The molecule has 0 aliphatic heterocycles. The minimum absolute atomic E-state index is 0. The summed E-state index contributed by atoms with van der Waals surface area (Å²) in [4.78, 5) is 41.1. The molecule has 6 nitrogen and oxygen atoms in total. The van der Waals surface area contributed by atoms with Gasteiger partial charge in [0.1, 0.15) is 0 Å². The maximum atomic E-state index is 13.5. The fraction of sp³-hybridized carbons (Fsp3) is 0.370. The lowest BCUT2D eigenvalue weighted by Gasteiger charge is -2.32. The Labute approximate surface area is 217 Å². The van der Waals surface area contributed by atoms with Crippen molar-refractivity contribution in [3.05, 3.63) is 81.6 Å². The van der Waals surface area contributed by atoms with E-state index in [9.17, 15) is 14.4 Å². The zero-order chi connectivity index (χ0) is 24.2. The summed E-state index contributed by atoms with van der Waals surface area (Å²) in [5.41, 5.74) is 2.23. The number of allylic oxidation sites excluding steroid dienone is 2. The van der Waals surface area contributed by atoms with E-state index in [2.05, 4.69) is 5.32 Å². The summed E-state index contributed by atoms with van der Waals surface area (Å²) in [6, 6.07) is 14.6. The number of nitrogens with zero attached hydrogens (tertiary/aromatic N) is 1. The van der Waals surface area contributed by atoms with E-state index < -0.39 is 11.9 Å². The van der Waals surface area contributed by atoms with Crippen LogP contribution < -0.4 is 5.32 Å². The molecule has 8 heteroatoms. The zero-order valence-corrected chi connectivity index (χ0v) is 21.5. The van der Waals surface area contributed by atoms with Crippen molar-refractivity contribution in [2.45, 2.75) is 31.6 Å². The van der Waals surface area contributed by atoms with Gasteiger partial charge in [0.2, 0.25) is 5.78 Å². The summed E-state index contributed by atoms with van der Waals surface area (Å²) in [5.74, 6) is -0.501. The number of hydrogen-bond donors (Lipinski definition) is 1. The van der Waals surface area contributed by atoms with Crippen LogP contribution in [0.25, 0.3) is 0 Å². The lowest BCUT2D eigenvalue weighted by molar-refractivity contribution is 0.0857. The number of ketones is 2. The third kappa shape index (κ3) is 5.77. The van der Waals surface area contributed by atoms with Crippen molar-refractivity contribution >= 4 is 41.7 Å². The molecule has 2 aliphatic carbocycles. The van der Waals surface area contributed by atoms with Crippen LogP contribution in [0.3, 0.4) is 0 Å². The smallest absolute Gasteiger partial charge is 0.406 e. The van der Waals surface area contributed by atoms with Crippen LogP contribution in [0.2, 0.25) is 5.02 Å². The predicted molar refractivity (Wildman–Crippen MR) is 139 cm³/mol. The highest BCUT2D eigenvalue weighted by Crippen LogP contribution is 2.42. The molecule has 0 spiro atoms. The lowest BCUT2D eigenvalue weighted by atomic mass is 9.72. The molecule has 2 aromatic rings. The molecule has 0 atom stereocenters. The Morgan fingerprint density at radius 3 is 2.14 bits per heavy atom. The second-order valence-electron chi connectivity index (χ2n) is 8.94. The quantitative estimate of drug-likeness (QED) is 0.536. The van der Waals surface area contributed by atoms with Crippen molar-refractivity contribution in [1.29, 1.82) is 0 Å². The van der Waals surface area contributed by atoms with Gasteiger partial charge in [-0.2, -0.15) is 0 Å². The molecule has 0 heterocycles. The Bertz CT molecular complexity index is 1120. The minimum Gasteiger partial charge on any atom is -0.406 e. The first-order valence-corrected chi connectivity index (χ1v) is 12.0. The van der Waals surface area contributed by atoms with E-state index in [1.165, 1.54) is 10.5 Å². The molecule has 4 rings (SSSR count). The van der Waals surface area contributed by atoms with Crippen molar-refractivity contribution in [3.63, 3.8) is 0 Å². The molecule has 1 N–H and O–H groups in total. The van der Waals surface area contributed by atoms with Gasteiger partial charge in [0.15, 0.2) is 11.5 Å². The molecule has 0 unspecified atom stereocenters. The van der Waals surface area contributed by atoms with Crippen LogP contribution in [0.4, 0.5) is 4.79 Å². The van der Waals surface area contributed by atoms with Crippen LogP contribution in [0.15, 0.2) is 59.9 Å². The monoisotopic (exact) mass is 516 g/mol. The van der Waals surface area contributed by atoms with Gasteiger partial charge in [-0.25, -0.2) is 4.79 Å². The normalized spacial score (nSPS) is 19.6. The maximum Gasteiger partial charge on any atom is 0.415 e. The number of likely N-dealkylation sites (N-methyl/N-ethyl adjacent to an activating group) is 2. The summed E-state index contributed by atoms with van der Waals surface area (Å²) >= 11 is 6.03. The fourth-order valence-electron chi connectivity index (χ4n) is 4.83. The molecule has 2 aromatic carbocycles. The molecule has 1 saturated carbocycles. The highest BCUT2D eigenvalue weighted by atomic mass is 35.5. The highest BCUT2D eigenvalue weighted by Gasteiger charge is 2.40. The number of nitrogens with one attached hydrogen (secondary N) is 1. The van der Waals surface area contributed by atoms with E-state index in [4.69, 9.17) is 16.3 Å². The number of ether oxygens (including phenoxy) is 1. The van der Waals surface area contributed by atoms with E-state index in [1.54, 1.807) is 38.4 Å². The van der Waals surface area contributed by atoms with Crippen molar-refractivity contribution in [1.82, 2.24) is 10.2 Å². The third-order valence-electron chi connectivity index (χ3n) is 6.79. The second kappa shape index (κ2) is 11.8. The van der Waals surface area contributed by atoms with Gasteiger partial charge in [0.25, 0.3) is 0 Å².